The van der Waals surface area contributed by atoms with Crippen molar-refractivity contribution in [2.24, 2.45) is 0 Å². The van der Waals surface area contributed by atoms with Gasteiger partial charge >= 0.3 is 11.6 Å². The number of pyridine rings is 1. The molecule has 0 amide bonds. The Kier molecular flexibility index (Phi) is 6.04. The SMILES string of the molecule is CCOC(=O)c1cc(C#N)c(SCc2cc(=O)oc3c(C)c(C)ccc23)nc1C. The maximum atomic E-state index is 12.0. The maximum Gasteiger partial charge on any atom is 0.340 e. The van der Waals surface area contributed by atoms with Crippen molar-refractivity contribution < 1.29 is 13.9 Å². The van der Waals surface area contributed by atoms with Gasteiger partial charge in [0.15, 0.2) is 0 Å². The smallest absolute Gasteiger partial charge is 0.340 e. The molecule has 0 aliphatic carbocycles. The van der Waals surface area contributed by atoms with Crippen LogP contribution in [0.3, 0.4) is 0 Å². The Labute approximate surface area is 172 Å². The molecule has 1 aromatic carbocycles. The third kappa shape index (κ3) is 4.17. The predicted octanol–water partition coefficient (Wildman–Crippen LogP) is 4.45. The second-order valence-corrected chi connectivity index (χ2v) is 7.53. The molecular formula is C22H20N2O4S. The second-order valence-electron chi connectivity index (χ2n) is 6.57. The van der Waals surface area contributed by atoms with Gasteiger partial charge < -0.3 is 9.15 Å². The Hall–Kier alpha value is -3.11. The Morgan fingerprint density at radius 1 is 1.28 bits per heavy atom. The number of aryl methyl sites for hydroxylation is 3. The lowest BCUT2D eigenvalue weighted by Crippen LogP contribution is -2.09. The van der Waals surface area contributed by atoms with E-state index in [1.54, 1.807) is 13.8 Å². The number of rotatable bonds is 5. The van der Waals surface area contributed by atoms with E-state index >= 15 is 0 Å². The van der Waals surface area contributed by atoms with E-state index in [1.165, 1.54) is 23.9 Å². The molecule has 0 fully saturated rings. The average Bonchev–Trinajstić information content (AvgIpc) is 2.69. The van der Waals surface area contributed by atoms with Crippen LogP contribution in [0.1, 0.15) is 45.2 Å². The lowest BCUT2D eigenvalue weighted by atomic mass is 10.0. The maximum absolute atomic E-state index is 12.0. The highest BCUT2D eigenvalue weighted by Gasteiger charge is 2.17. The molecule has 0 spiro atoms. The van der Waals surface area contributed by atoms with Crippen molar-refractivity contribution in [1.29, 1.82) is 5.26 Å². The van der Waals surface area contributed by atoms with E-state index < -0.39 is 11.6 Å². The van der Waals surface area contributed by atoms with E-state index in [0.717, 1.165) is 22.1 Å². The molecule has 0 aliphatic heterocycles. The summed E-state index contributed by atoms with van der Waals surface area (Å²) in [6.07, 6.45) is 0. The summed E-state index contributed by atoms with van der Waals surface area (Å²) in [4.78, 5) is 28.5. The molecule has 3 rings (SSSR count). The number of nitriles is 1. The fourth-order valence-electron chi connectivity index (χ4n) is 2.98. The number of esters is 1. The first kappa shape index (κ1) is 20.6. The molecule has 0 unspecified atom stereocenters. The molecule has 0 aliphatic rings. The molecule has 0 bridgehead atoms. The summed E-state index contributed by atoms with van der Waals surface area (Å²) in [5.41, 5.74) is 4.02. The minimum absolute atomic E-state index is 0.249. The van der Waals surface area contributed by atoms with Gasteiger partial charge in [-0.05, 0) is 50.5 Å². The van der Waals surface area contributed by atoms with E-state index in [0.29, 0.717) is 27.6 Å². The molecule has 148 valence electrons. The normalized spacial score (nSPS) is 10.7. The van der Waals surface area contributed by atoms with Crippen molar-refractivity contribution >= 4 is 28.7 Å². The highest BCUT2D eigenvalue weighted by molar-refractivity contribution is 7.98. The van der Waals surface area contributed by atoms with Crippen LogP contribution in [0, 0.1) is 32.1 Å². The summed E-state index contributed by atoms with van der Waals surface area (Å²) in [5, 5.41) is 10.9. The van der Waals surface area contributed by atoms with Crippen molar-refractivity contribution in [1.82, 2.24) is 4.98 Å². The summed E-state index contributed by atoms with van der Waals surface area (Å²) in [5.74, 6) is -0.0622. The number of benzene rings is 1. The van der Waals surface area contributed by atoms with Gasteiger partial charge in [0.1, 0.15) is 16.7 Å². The highest BCUT2D eigenvalue weighted by Crippen LogP contribution is 2.30. The fourth-order valence-corrected chi connectivity index (χ4v) is 3.97. The second kappa shape index (κ2) is 8.50. The van der Waals surface area contributed by atoms with Crippen LogP contribution in [0.2, 0.25) is 0 Å². The number of carbonyl (C=O) groups is 1. The van der Waals surface area contributed by atoms with E-state index in [-0.39, 0.29) is 12.2 Å². The number of ether oxygens (including phenoxy) is 1. The Balaban J connectivity index is 1.97. The van der Waals surface area contributed by atoms with Gasteiger partial charge in [-0.1, -0.05) is 12.1 Å². The van der Waals surface area contributed by atoms with Crippen molar-refractivity contribution in [3.63, 3.8) is 0 Å². The summed E-state index contributed by atoms with van der Waals surface area (Å²) in [6, 6.07) is 8.99. The van der Waals surface area contributed by atoms with Crippen LogP contribution in [0.5, 0.6) is 0 Å². The summed E-state index contributed by atoms with van der Waals surface area (Å²) in [7, 11) is 0. The molecule has 0 atom stereocenters. The Morgan fingerprint density at radius 3 is 2.72 bits per heavy atom. The molecule has 0 N–H and O–H groups in total. The Bertz CT molecular complexity index is 1210. The van der Waals surface area contributed by atoms with Crippen LogP contribution in [-0.4, -0.2) is 17.6 Å². The topological polar surface area (TPSA) is 93.2 Å². The van der Waals surface area contributed by atoms with E-state index in [4.69, 9.17) is 9.15 Å². The number of hydrogen-bond donors (Lipinski definition) is 0. The van der Waals surface area contributed by atoms with Gasteiger partial charge in [0.2, 0.25) is 0 Å². The Morgan fingerprint density at radius 2 is 2.03 bits per heavy atom. The van der Waals surface area contributed by atoms with E-state index in [1.807, 2.05) is 26.0 Å². The summed E-state index contributed by atoms with van der Waals surface area (Å²) >= 11 is 1.34. The van der Waals surface area contributed by atoms with Gasteiger partial charge in [-0.25, -0.2) is 14.6 Å². The van der Waals surface area contributed by atoms with E-state index in [9.17, 15) is 14.9 Å². The van der Waals surface area contributed by atoms with Gasteiger partial charge in [0.05, 0.1) is 23.4 Å². The van der Waals surface area contributed by atoms with Gasteiger partial charge in [0, 0.05) is 17.2 Å². The first-order chi connectivity index (χ1) is 13.8. The molecule has 29 heavy (non-hydrogen) atoms. The van der Waals surface area contributed by atoms with Crippen LogP contribution >= 0.6 is 11.8 Å². The van der Waals surface area contributed by atoms with Gasteiger partial charge in [-0.3, -0.25) is 0 Å². The van der Waals surface area contributed by atoms with Crippen LogP contribution in [-0.2, 0) is 10.5 Å². The molecule has 2 heterocycles. The van der Waals surface area contributed by atoms with Crippen molar-refractivity contribution in [3.05, 3.63) is 68.2 Å². The van der Waals surface area contributed by atoms with Gasteiger partial charge in [0.25, 0.3) is 0 Å². The zero-order valence-corrected chi connectivity index (χ0v) is 17.5. The summed E-state index contributed by atoms with van der Waals surface area (Å²) < 4.78 is 10.4. The van der Waals surface area contributed by atoms with Gasteiger partial charge in [-0.2, -0.15) is 5.26 Å². The van der Waals surface area contributed by atoms with Gasteiger partial charge in [-0.15, -0.1) is 11.8 Å². The predicted molar refractivity (Wildman–Crippen MR) is 111 cm³/mol. The number of aromatic nitrogens is 1. The molecule has 6 nitrogen and oxygen atoms in total. The van der Waals surface area contributed by atoms with E-state index in [2.05, 4.69) is 11.1 Å². The number of carbonyl (C=O) groups excluding carboxylic acids is 1. The van der Waals surface area contributed by atoms with Crippen LogP contribution in [0.4, 0.5) is 0 Å². The average molecular weight is 408 g/mol. The highest BCUT2D eigenvalue weighted by atomic mass is 32.2. The molecule has 0 saturated heterocycles. The molecule has 2 aromatic heterocycles. The van der Waals surface area contributed by atoms with Crippen LogP contribution < -0.4 is 5.63 Å². The lowest BCUT2D eigenvalue weighted by molar-refractivity contribution is 0.0524. The monoisotopic (exact) mass is 408 g/mol. The first-order valence-corrected chi connectivity index (χ1v) is 10.1. The number of fused-ring (bicyclic) bond motifs is 1. The number of nitrogens with zero attached hydrogens (tertiary/aromatic N) is 2. The molecule has 7 heteroatoms. The van der Waals surface area contributed by atoms with Crippen molar-refractivity contribution in [3.8, 4) is 6.07 Å². The fraction of sp³-hybridized carbons (Fsp3) is 0.273. The third-order valence-corrected chi connectivity index (χ3v) is 5.72. The standard InChI is InChI=1S/C22H20N2O4S/c1-5-27-22(26)18-8-15(10-23)21(24-14(18)4)29-11-16-9-19(25)28-20-13(3)12(2)6-7-17(16)20/h6-9H,5,11H2,1-4H3. The minimum Gasteiger partial charge on any atom is -0.462 e. The first-order valence-electron chi connectivity index (χ1n) is 9.10. The quantitative estimate of drug-likeness (QED) is 0.350. The zero-order chi connectivity index (χ0) is 21.1. The molecule has 0 radical (unpaired) electrons. The molecular weight excluding hydrogens is 388 g/mol. The van der Waals surface area contributed by atoms with Crippen molar-refractivity contribution in [2.45, 2.75) is 38.5 Å². The van der Waals surface area contributed by atoms with Crippen LogP contribution in [0.15, 0.2) is 38.5 Å². The van der Waals surface area contributed by atoms with Crippen molar-refractivity contribution in [2.75, 3.05) is 6.61 Å². The third-order valence-electron chi connectivity index (χ3n) is 4.68. The number of thioether (sulfide) groups is 1. The largest absolute Gasteiger partial charge is 0.462 e. The zero-order valence-electron chi connectivity index (χ0n) is 16.7. The molecule has 3 aromatic rings. The summed E-state index contributed by atoms with van der Waals surface area (Å²) in [6.45, 7) is 7.56. The molecule has 0 saturated carbocycles. The number of hydrogen-bond acceptors (Lipinski definition) is 7. The lowest BCUT2D eigenvalue weighted by Gasteiger charge is -2.11. The minimum atomic E-state index is -0.497. The van der Waals surface area contributed by atoms with Crippen LogP contribution in [0.25, 0.3) is 11.0 Å².